The molecule has 120 valence electrons. The normalized spacial score (nSPS) is 32.2. The lowest BCUT2D eigenvalue weighted by molar-refractivity contribution is -0.142. The largest absolute Gasteiger partial charge is 0.465 e. The number of rotatable bonds is 1. The molecule has 3 aliphatic rings. The molecule has 0 bridgehead atoms. The number of amides is 2. The number of hydrogen-bond acceptors (Lipinski definition) is 4. The first-order valence-corrected chi connectivity index (χ1v) is 7.17. The van der Waals surface area contributed by atoms with Gasteiger partial charge in [0.1, 0.15) is 12.8 Å². The number of hydrogen-bond donors (Lipinski definition) is 1. The van der Waals surface area contributed by atoms with E-state index < -0.39 is 23.6 Å². The molecule has 8 heteroatoms. The second-order valence-electron chi connectivity index (χ2n) is 5.96. The van der Waals surface area contributed by atoms with Gasteiger partial charge in [0.2, 0.25) is 5.91 Å². The number of carboxylic acid groups (broad SMARTS) is 1. The van der Waals surface area contributed by atoms with Gasteiger partial charge in [-0.25, -0.2) is 14.0 Å². The number of nitrogens with zero attached hydrogens (tertiary/aromatic N) is 2. The molecular formula is C14H17FN2O5. The highest BCUT2D eigenvalue weighted by Gasteiger charge is 2.56. The van der Waals surface area contributed by atoms with Crippen LogP contribution in [-0.2, 0) is 14.3 Å². The van der Waals surface area contributed by atoms with Gasteiger partial charge in [-0.15, -0.1) is 0 Å². The first kappa shape index (κ1) is 14.8. The summed E-state index contributed by atoms with van der Waals surface area (Å²) in [7, 11) is 0. The van der Waals surface area contributed by atoms with Crippen molar-refractivity contribution in [2.75, 3.05) is 26.2 Å². The van der Waals surface area contributed by atoms with Crippen LogP contribution in [0.5, 0.6) is 0 Å². The van der Waals surface area contributed by atoms with E-state index in [2.05, 4.69) is 0 Å². The van der Waals surface area contributed by atoms with E-state index in [4.69, 9.17) is 9.84 Å². The molecule has 3 heterocycles. The van der Waals surface area contributed by atoms with E-state index in [-0.39, 0.29) is 32.0 Å². The Kier molecular flexibility index (Phi) is 3.34. The van der Waals surface area contributed by atoms with E-state index in [1.54, 1.807) is 6.92 Å². The number of esters is 1. The molecule has 2 unspecified atom stereocenters. The van der Waals surface area contributed by atoms with Crippen molar-refractivity contribution in [3.63, 3.8) is 0 Å². The summed E-state index contributed by atoms with van der Waals surface area (Å²) in [6.07, 6.45) is -2.22. The molecule has 0 radical (unpaired) electrons. The van der Waals surface area contributed by atoms with Gasteiger partial charge in [0.15, 0.2) is 0 Å². The van der Waals surface area contributed by atoms with Gasteiger partial charge < -0.3 is 19.6 Å². The summed E-state index contributed by atoms with van der Waals surface area (Å²) < 4.78 is 19.5. The summed E-state index contributed by atoms with van der Waals surface area (Å²) in [5.41, 5.74) is -0.297. The minimum Gasteiger partial charge on any atom is -0.465 e. The molecule has 22 heavy (non-hydrogen) atoms. The summed E-state index contributed by atoms with van der Waals surface area (Å²) in [6.45, 7) is 1.80. The predicted molar refractivity (Wildman–Crippen MR) is 71.5 cm³/mol. The number of cyclic esters (lactones) is 1. The second kappa shape index (κ2) is 4.96. The highest BCUT2D eigenvalue weighted by Crippen LogP contribution is 2.45. The molecule has 2 saturated heterocycles. The fraction of sp³-hybridized carbons (Fsp3) is 0.643. The summed E-state index contributed by atoms with van der Waals surface area (Å²) in [4.78, 5) is 37.5. The van der Waals surface area contributed by atoms with Crippen molar-refractivity contribution in [1.29, 1.82) is 0 Å². The lowest BCUT2D eigenvalue weighted by atomic mass is 9.75. The minimum absolute atomic E-state index is 0.0324. The smallest absolute Gasteiger partial charge is 0.407 e. The van der Waals surface area contributed by atoms with Crippen LogP contribution in [0.1, 0.15) is 19.8 Å². The Labute approximate surface area is 126 Å². The van der Waals surface area contributed by atoms with Crippen molar-refractivity contribution in [3.8, 4) is 0 Å². The van der Waals surface area contributed by atoms with Gasteiger partial charge in [-0.2, -0.15) is 0 Å². The van der Waals surface area contributed by atoms with Crippen LogP contribution in [0.3, 0.4) is 0 Å². The summed E-state index contributed by atoms with van der Waals surface area (Å²) >= 11 is 0. The molecule has 0 aromatic carbocycles. The number of ether oxygens (including phenoxy) is 1. The van der Waals surface area contributed by atoms with Crippen LogP contribution in [0.4, 0.5) is 9.18 Å². The monoisotopic (exact) mass is 312 g/mol. The third-order valence-electron chi connectivity index (χ3n) is 4.94. The molecule has 7 nitrogen and oxygen atoms in total. The molecule has 1 spiro atoms. The predicted octanol–water partition coefficient (Wildman–Crippen LogP) is 0.758. The molecule has 0 aromatic rings. The zero-order valence-corrected chi connectivity index (χ0v) is 12.2. The fourth-order valence-electron chi connectivity index (χ4n) is 3.44. The summed E-state index contributed by atoms with van der Waals surface area (Å²) in [5, 5.41) is 8.94. The number of likely N-dealkylation sites (tertiary alicyclic amines) is 2. The van der Waals surface area contributed by atoms with Gasteiger partial charge in [-0.05, 0) is 19.8 Å². The summed E-state index contributed by atoms with van der Waals surface area (Å²) in [5.74, 6) is -0.820. The van der Waals surface area contributed by atoms with Crippen LogP contribution >= 0.6 is 0 Å². The Hall–Kier alpha value is -2.12. The van der Waals surface area contributed by atoms with Crippen LogP contribution in [0, 0.1) is 5.41 Å². The van der Waals surface area contributed by atoms with E-state index in [1.807, 2.05) is 0 Å². The highest BCUT2D eigenvalue weighted by molar-refractivity contribution is 5.94. The zero-order valence-electron chi connectivity index (χ0n) is 12.2. The molecule has 3 aliphatic heterocycles. The molecule has 0 saturated carbocycles. The van der Waals surface area contributed by atoms with Crippen molar-refractivity contribution in [2.45, 2.75) is 25.9 Å². The SMILES string of the molecule is CC1=C(N2CCC3(CCN(C(=O)O)CC3F)C2=O)COC1=O. The van der Waals surface area contributed by atoms with Gasteiger partial charge in [0, 0.05) is 13.1 Å². The average molecular weight is 312 g/mol. The van der Waals surface area contributed by atoms with Crippen molar-refractivity contribution < 1.29 is 28.6 Å². The number of carbonyl (C=O) groups excluding carboxylic acids is 2. The van der Waals surface area contributed by atoms with Crippen LogP contribution in [-0.4, -0.2) is 65.3 Å². The number of carbonyl (C=O) groups is 3. The quantitative estimate of drug-likeness (QED) is 0.722. The molecular weight excluding hydrogens is 295 g/mol. The van der Waals surface area contributed by atoms with Gasteiger partial charge in [-0.3, -0.25) is 4.79 Å². The van der Waals surface area contributed by atoms with Gasteiger partial charge >= 0.3 is 12.1 Å². The molecule has 2 fully saturated rings. The zero-order chi connectivity index (χ0) is 16.1. The Balaban J connectivity index is 1.82. The van der Waals surface area contributed by atoms with Crippen molar-refractivity contribution >= 4 is 18.0 Å². The molecule has 2 amide bonds. The lowest BCUT2D eigenvalue weighted by Gasteiger charge is -2.39. The Bertz CT molecular complexity index is 590. The van der Waals surface area contributed by atoms with Crippen molar-refractivity contribution in [1.82, 2.24) is 9.80 Å². The van der Waals surface area contributed by atoms with Crippen LogP contribution in [0.25, 0.3) is 0 Å². The van der Waals surface area contributed by atoms with Crippen LogP contribution in [0.15, 0.2) is 11.3 Å². The Morgan fingerprint density at radius 3 is 2.59 bits per heavy atom. The van der Waals surface area contributed by atoms with E-state index in [9.17, 15) is 18.8 Å². The number of alkyl halides is 1. The molecule has 3 rings (SSSR count). The van der Waals surface area contributed by atoms with Crippen LogP contribution in [0.2, 0.25) is 0 Å². The standard InChI is InChI=1S/C14H17FN2O5/c1-8-9(7-22-11(8)18)17-5-3-14(12(17)19)2-4-16(13(20)21)6-10(14)15/h10H,2-7H2,1H3,(H,20,21). The first-order chi connectivity index (χ1) is 10.4. The summed E-state index contributed by atoms with van der Waals surface area (Å²) in [6, 6.07) is 0. The van der Waals surface area contributed by atoms with Crippen LogP contribution < -0.4 is 0 Å². The first-order valence-electron chi connectivity index (χ1n) is 7.17. The van der Waals surface area contributed by atoms with Gasteiger partial charge in [0.25, 0.3) is 0 Å². The molecule has 1 N–H and O–H groups in total. The van der Waals surface area contributed by atoms with Crippen molar-refractivity contribution in [3.05, 3.63) is 11.3 Å². The fourth-order valence-corrected chi connectivity index (χ4v) is 3.44. The van der Waals surface area contributed by atoms with Crippen molar-refractivity contribution in [2.24, 2.45) is 5.41 Å². The molecule has 2 atom stereocenters. The number of piperidine rings is 1. The maximum Gasteiger partial charge on any atom is 0.407 e. The van der Waals surface area contributed by atoms with E-state index in [1.165, 1.54) is 4.90 Å². The third kappa shape index (κ3) is 1.97. The topological polar surface area (TPSA) is 87.2 Å². The molecule has 0 aromatic heterocycles. The third-order valence-corrected chi connectivity index (χ3v) is 4.94. The van der Waals surface area contributed by atoms with E-state index >= 15 is 0 Å². The Morgan fingerprint density at radius 2 is 2.05 bits per heavy atom. The number of halogens is 1. The maximum absolute atomic E-state index is 14.6. The Morgan fingerprint density at radius 1 is 1.36 bits per heavy atom. The van der Waals surface area contributed by atoms with Gasteiger partial charge in [-0.1, -0.05) is 0 Å². The minimum atomic E-state index is -1.53. The van der Waals surface area contributed by atoms with E-state index in [0.29, 0.717) is 24.2 Å². The van der Waals surface area contributed by atoms with Gasteiger partial charge in [0.05, 0.1) is 23.2 Å². The highest BCUT2D eigenvalue weighted by atomic mass is 19.1. The second-order valence-corrected chi connectivity index (χ2v) is 5.96. The maximum atomic E-state index is 14.6. The average Bonchev–Trinajstić information content (AvgIpc) is 2.97. The lowest BCUT2D eigenvalue weighted by Crippen LogP contribution is -2.53. The van der Waals surface area contributed by atoms with E-state index in [0.717, 1.165) is 4.90 Å². The molecule has 0 aliphatic carbocycles.